The van der Waals surface area contributed by atoms with Crippen LogP contribution in [0.5, 0.6) is 0 Å². The summed E-state index contributed by atoms with van der Waals surface area (Å²) in [5.74, 6) is -1.21. The van der Waals surface area contributed by atoms with Crippen LogP contribution in [0, 0.1) is 11.6 Å². The van der Waals surface area contributed by atoms with Gasteiger partial charge in [0.25, 0.3) is 0 Å². The minimum atomic E-state index is -0.541. The summed E-state index contributed by atoms with van der Waals surface area (Å²) >= 11 is 0. The van der Waals surface area contributed by atoms with Crippen LogP contribution in [0.15, 0.2) is 12.1 Å². The maximum absolute atomic E-state index is 13.9. The molecule has 3 nitrogen and oxygen atoms in total. The first-order chi connectivity index (χ1) is 9.15. The Morgan fingerprint density at radius 2 is 2.11 bits per heavy atom. The monoisotopic (exact) mass is 269 g/mol. The molecule has 0 radical (unpaired) electrons. The van der Waals surface area contributed by atoms with Crippen LogP contribution in [0.2, 0.25) is 0 Å². The van der Waals surface area contributed by atoms with Crippen molar-refractivity contribution in [3.63, 3.8) is 0 Å². The van der Waals surface area contributed by atoms with Crippen LogP contribution in [0.1, 0.15) is 25.3 Å². The van der Waals surface area contributed by atoms with E-state index in [1.165, 1.54) is 4.90 Å². The van der Waals surface area contributed by atoms with Crippen molar-refractivity contribution in [2.45, 2.75) is 26.2 Å². The molecule has 0 spiro atoms. The smallest absolute Gasteiger partial charge is 0.229 e. The minimum absolute atomic E-state index is 0.104. The molecule has 1 amide bonds. The van der Waals surface area contributed by atoms with E-state index in [0.717, 1.165) is 12.1 Å². The Bertz CT molecular complexity index is 477. The third-order valence-corrected chi connectivity index (χ3v) is 3.22. The second kappa shape index (κ2) is 6.10. The highest BCUT2D eigenvalue weighted by Gasteiger charge is 2.27. The van der Waals surface area contributed by atoms with Gasteiger partial charge in [0.1, 0.15) is 11.6 Å². The lowest BCUT2D eigenvalue weighted by molar-refractivity contribution is -0.119. The highest BCUT2D eigenvalue weighted by atomic mass is 19.1. The molecule has 0 N–H and O–H groups in total. The van der Waals surface area contributed by atoms with Crippen molar-refractivity contribution in [3.05, 3.63) is 29.3 Å². The average molecular weight is 269 g/mol. The number of carbonyl (C=O) groups is 1. The molecule has 0 fully saturated rings. The SMILES string of the molecule is CCOCCC(=O)N1CCCc2c(F)ccc(F)c21. The fourth-order valence-electron chi connectivity index (χ4n) is 2.33. The van der Waals surface area contributed by atoms with E-state index in [4.69, 9.17) is 4.74 Å². The first-order valence-electron chi connectivity index (χ1n) is 6.50. The third kappa shape index (κ3) is 2.92. The molecular formula is C14H17F2NO2. The zero-order valence-corrected chi connectivity index (χ0v) is 10.9. The van der Waals surface area contributed by atoms with Crippen LogP contribution < -0.4 is 4.90 Å². The number of benzene rings is 1. The van der Waals surface area contributed by atoms with Gasteiger partial charge < -0.3 is 9.64 Å². The summed E-state index contributed by atoms with van der Waals surface area (Å²) in [4.78, 5) is 13.4. The number of nitrogens with zero attached hydrogens (tertiary/aromatic N) is 1. The van der Waals surface area contributed by atoms with E-state index in [0.29, 0.717) is 38.2 Å². The maximum Gasteiger partial charge on any atom is 0.229 e. The predicted octanol–water partition coefficient (Wildman–Crippen LogP) is 2.67. The summed E-state index contributed by atoms with van der Waals surface area (Å²) in [6.07, 6.45) is 1.30. The molecule has 1 aromatic carbocycles. The second-order valence-corrected chi connectivity index (χ2v) is 4.45. The van der Waals surface area contributed by atoms with Gasteiger partial charge in [-0.25, -0.2) is 8.78 Å². The Morgan fingerprint density at radius 1 is 1.37 bits per heavy atom. The highest BCUT2D eigenvalue weighted by molar-refractivity contribution is 5.94. The van der Waals surface area contributed by atoms with E-state index in [9.17, 15) is 13.6 Å². The molecule has 104 valence electrons. The van der Waals surface area contributed by atoms with Gasteiger partial charge in [-0.15, -0.1) is 0 Å². The molecule has 1 aliphatic heterocycles. The molecule has 0 saturated heterocycles. The zero-order chi connectivity index (χ0) is 13.8. The van der Waals surface area contributed by atoms with Crippen LogP contribution in [0.4, 0.5) is 14.5 Å². The van der Waals surface area contributed by atoms with E-state index in [1.807, 2.05) is 6.92 Å². The third-order valence-electron chi connectivity index (χ3n) is 3.22. The Hall–Kier alpha value is -1.49. The predicted molar refractivity (Wildman–Crippen MR) is 68.1 cm³/mol. The van der Waals surface area contributed by atoms with Gasteiger partial charge in [0.2, 0.25) is 5.91 Å². The molecule has 0 aliphatic carbocycles. The molecule has 0 atom stereocenters. The topological polar surface area (TPSA) is 29.5 Å². The summed E-state index contributed by atoms with van der Waals surface area (Å²) in [6, 6.07) is 2.19. The molecule has 0 bridgehead atoms. The van der Waals surface area contributed by atoms with Crippen molar-refractivity contribution in [2.75, 3.05) is 24.7 Å². The first-order valence-corrected chi connectivity index (χ1v) is 6.50. The van der Waals surface area contributed by atoms with Crippen LogP contribution in [0.25, 0.3) is 0 Å². The molecule has 5 heteroatoms. The lowest BCUT2D eigenvalue weighted by Crippen LogP contribution is -2.37. The molecule has 19 heavy (non-hydrogen) atoms. The molecule has 0 unspecified atom stereocenters. The highest BCUT2D eigenvalue weighted by Crippen LogP contribution is 2.32. The van der Waals surface area contributed by atoms with E-state index in [1.54, 1.807) is 0 Å². The Morgan fingerprint density at radius 3 is 2.84 bits per heavy atom. The van der Waals surface area contributed by atoms with Gasteiger partial charge in [-0.2, -0.15) is 0 Å². The maximum atomic E-state index is 13.9. The molecule has 1 aromatic rings. The molecule has 1 heterocycles. The number of carbonyl (C=O) groups excluding carboxylic acids is 1. The van der Waals surface area contributed by atoms with Crippen LogP contribution in [0.3, 0.4) is 0 Å². The van der Waals surface area contributed by atoms with Crippen LogP contribution in [-0.4, -0.2) is 25.7 Å². The van der Waals surface area contributed by atoms with Crippen LogP contribution >= 0.6 is 0 Å². The Kier molecular flexibility index (Phi) is 4.47. The van der Waals surface area contributed by atoms with Gasteiger partial charge in [-0.3, -0.25) is 4.79 Å². The number of amides is 1. The lowest BCUT2D eigenvalue weighted by atomic mass is 10.0. The minimum Gasteiger partial charge on any atom is -0.381 e. The van der Waals surface area contributed by atoms with E-state index in [2.05, 4.69) is 0 Å². The van der Waals surface area contributed by atoms with Crippen molar-refractivity contribution in [1.82, 2.24) is 0 Å². The van der Waals surface area contributed by atoms with Crippen molar-refractivity contribution >= 4 is 11.6 Å². The fraction of sp³-hybridized carbons (Fsp3) is 0.500. The number of rotatable bonds is 4. The van der Waals surface area contributed by atoms with Gasteiger partial charge in [0.05, 0.1) is 18.7 Å². The largest absolute Gasteiger partial charge is 0.381 e. The average Bonchev–Trinajstić information content (AvgIpc) is 2.42. The van der Waals surface area contributed by atoms with Gasteiger partial charge in [0.15, 0.2) is 0 Å². The lowest BCUT2D eigenvalue weighted by Gasteiger charge is -2.30. The number of anilines is 1. The summed E-state index contributed by atoms with van der Waals surface area (Å²) < 4.78 is 32.6. The molecule has 2 rings (SSSR count). The zero-order valence-electron chi connectivity index (χ0n) is 10.9. The van der Waals surface area contributed by atoms with Crippen molar-refractivity contribution in [3.8, 4) is 0 Å². The summed E-state index contributed by atoms with van der Waals surface area (Å²) in [5, 5.41) is 0. The van der Waals surface area contributed by atoms with Crippen LogP contribution in [-0.2, 0) is 16.0 Å². The molecule has 1 aliphatic rings. The second-order valence-electron chi connectivity index (χ2n) is 4.45. The van der Waals surface area contributed by atoms with Crippen molar-refractivity contribution in [1.29, 1.82) is 0 Å². The number of ether oxygens (including phenoxy) is 1. The molecular weight excluding hydrogens is 252 g/mol. The van der Waals surface area contributed by atoms with Gasteiger partial charge in [-0.05, 0) is 31.9 Å². The summed E-state index contributed by atoms with van der Waals surface area (Å²) in [6.45, 7) is 3.11. The summed E-state index contributed by atoms with van der Waals surface area (Å²) in [5.41, 5.74) is 0.406. The normalized spacial score (nSPS) is 14.4. The standard InChI is InChI=1S/C14H17F2NO2/c1-2-19-9-7-13(18)17-8-3-4-10-11(15)5-6-12(16)14(10)17/h5-6H,2-4,7-9H2,1H3. The number of hydrogen-bond donors (Lipinski definition) is 0. The summed E-state index contributed by atoms with van der Waals surface area (Å²) in [7, 11) is 0. The van der Waals surface area contributed by atoms with Crippen molar-refractivity contribution < 1.29 is 18.3 Å². The van der Waals surface area contributed by atoms with Gasteiger partial charge in [0, 0.05) is 18.7 Å². The van der Waals surface area contributed by atoms with Crippen molar-refractivity contribution in [2.24, 2.45) is 0 Å². The van der Waals surface area contributed by atoms with E-state index >= 15 is 0 Å². The number of fused-ring (bicyclic) bond motifs is 1. The Balaban J connectivity index is 2.22. The molecule has 0 aromatic heterocycles. The quantitative estimate of drug-likeness (QED) is 0.786. The first kappa shape index (κ1) is 13.9. The number of halogens is 2. The fourth-order valence-corrected chi connectivity index (χ4v) is 2.33. The Labute approximate surface area is 111 Å². The van der Waals surface area contributed by atoms with E-state index < -0.39 is 11.6 Å². The van der Waals surface area contributed by atoms with Gasteiger partial charge >= 0.3 is 0 Å². The van der Waals surface area contributed by atoms with Gasteiger partial charge in [-0.1, -0.05) is 0 Å². The van der Waals surface area contributed by atoms with E-state index in [-0.39, 0.29) is 18.0 Å². The number of hydrogen-bond acceptors (Lipinski definition) is 2. The molecule has 0 saturated carbocycles.